The number of hydrogen-bond donors (Lipinski definition) is 3. The third-order valence-electron chi connectivity index (χ3n) is 3.88. The summed E-state index contributed by atoms with van der Waals surface area (Å²) in [5.41, 5.74) is -5.81. The van der Waals surface area contributed by atoms with Crippen LogP contribution in [0.25, 0.3) is 11.0 Å². The van der Waals surface area contributed by atoms with Crippen LogP contribution >= 0.6 is 7.60 Å². The van der Waals surface area contributed by atoms with E-state index in [-0.39, 0.29) is 0 Å². The Balaban J connectivity index is 2.53. The first-order chi connectivity index (χ1) is 10.9. The molecule has 1 aliphatic rings. The second-order valence-electron chi connectivity index (χ2n) is 5.35. The number of aromatic nitrogens is 2. The second-order valence-corrected chi connectivity index (χ2v) is 7.12. The summed E-state index contributed by atoms with van der Waals surface area (Å²) in [7, 11) is -4.90. The number of aryl methyl sites for hydroxylation is 1. The zero-order chi connectivity index (χ0) is 18.0. The Morgan fingerprint density at radius 3 is 2.46 bits per heavy atom. The van der Waals surface area contributed by atoms with Crippen molar-refractivity contribution in [3.63, 3.8) is 0 Å². The Hall–Kier alpha value is -1.97. The van der Waals surface area contributed by atoms with Crippen molar-refractivity contribution in [3.8, 4) is 0 Å². The molecule has 7 nitrogen and oxygen atoms in total. The molecule has 1 aromatic carbocycles. The molecular formula is C12H9F4N2O5P. The van der Waals surface area contributed by atoms with Gasteiger partial charge in [-0.05, 0) is 18.9 Å². The number of nitrogens with one attached hydrogen (secondary N) is 1. The van der Waals surface area contributed by atoms with Gasteiger partial charge >= 0.3 is 24.9 Å². The van der Waals surface area contributed by atoms with Crippen LogP contribution in [0.5, 0.6) is 0 Å². The summed E-state index contributed by atoms with van der Waals surface area (Å²) in [5, 5.41) is 0. The molecule has 2 heterocycles. The molecule has 2 aromatic rings. The molecule has 24 heavy (non-hydrogen) atoms. The third-order valence-corrected chi connectivity index (χ3v) is 5.14. The second kappa shape index (κ2) is 5.01. The van der Waals surface area contributed by atoms with Gasteiger partial charge in [-0.3, -0.25) is 18.7 Å². The standard InChI is InChI=1S/C12H9F4N2O5P/c13-8-4-1-2-7(24(21,22)23)18-9(4)6(17-10(19)11(18)20)3-5(8)12(14,15)16/h3,7H,1-2H2,(H,17,19)(H2,21,22,23). The van der Waals surface area contributed by atoms with Crippen LogP contribution in [-0.2, 0) is 17.2 Å². The molecule has 130 valence electrons. The van der Waals surface area contributed by atoms with Gasteiger partial charge < -0.3 is 14.8 Å². The van der Waals surface area contributed by atoms with Crippen LogP contribution in [0.15, 0.2) is 15.7 Å². The number of nitrogens with zero attached hydrogens (tertiary/aromatic N) is 1. The van der Waals surface area contributed by atoms with Crippen molar-refractivity contribution in [3.05, 3.63) is 43.7 Å². The molecule has 3 rings (SSSR count). The average Bonchev–Trinajstić information content (AvgIpc) is 2.44. The van der Waals surface area contributed by atoms with Crippen LogP contribution < -0.4 is 11.1 Å². The minimum absolute atomic E-state index is 0.313. The number of alkyl halides is 3. The van der Waals surface area contributed by atoms with E-state index in [4.69, 9.17) is 0 Å². The molecular weight excluding hydrogens is 359 g/mol. The van der Waals surface area contributed by atoms with E-state index in [1.807, 2.05) is 4.98 Å². The van der Waals surface area contributed by atoms with Crippen molar-refractivity contribution >= 4 is 18.6 Å². The number of rotatable bonds is 1. The Labute approximate surface area is 129 Å². The SMILES string of the molecule is O=c1[nH]c2cc(C(F)(F)F)c(F)c3c2n(c1=O)C(P(=O)(O)O)CC3. The Morgan fingerprint density at radius 2 is 1.92 bits per heavy atom. The average molecular weight is 368 g/mol. The molecule has 0 saturated heterocycles. The molecule has 0 spiro atoms. The Bertz CT molecular complexity index is 1020. The highest BCUT2D eigenvalue weighted by atomic mass is 31.2. The lowest BCUT2D eigenvalue weighted by molar-refractivity contribution is -0.140. The fourth-order valence-corrected chi connectivity index (χ4v) is 3.89. The van der Waals surface area contributed by atoms with Gasteiger partial charge in [-0.2, -0.15) is 13.2 Å². The topological polar surface area (TPSA) is 112 Å². The number of halogens is 4. The molecule has 3 N–H and O–H groups in total. The summed E-state index contributed by atoms with van der Waals surface area (Å²) in [6.07, 6.45) is -5.94. The first-order valence-electron chi connectivity index (χ1n) is 6.55. The van der Waals surface area contributed by atoms with Gasteiger partial charge in [-0.25, -0.2) is 4.39 Å². The quantitative estimate of drug-likeness (QED) is 0.401. The van der Waals surface area contributed by atoms with E-state index in [0.717, 1.165) is 0 Å². The predicted molar refractivity (Wildman–Crippen MR) is 73.2 cm³/mol. The van der Waals surface area contributed by atoms with Crippen molar-refractivity contribution in [2.24, 2.45) is 0 Å². The number of benzene rings is 1. The van der Waals surface area contributed by atoms with Gasteiger partial charge in [0.25, 0.3) is 0 Å². The molecule has 0 fully saturated rings. The third kappa shape index (κ3) is 2.40. The van der Waals surface area contributed by atoms with Gasteiger partial charge in [-0.1, -0.05) is 0 Å². The zero-order valence-corrected chi connectivity index (χ0v) is 12.5. The first-order valence-corrected chi connectivity index (χ1v) is 8.23. The molecule has 1 aliphatic heterocycles. The maximum absolute atomic E-state index is 14.2. The van der Waals surface area contributed by atoms with Gasteiger partial charge in [0, 0.05) is 5.56 Å². The van der Waals surface area contributed by atoms with Crippen LogP contribution in [-0.4, -0.2) is 19.3 Å². The van der Waals surface area contributed by atoms with E-state index < -0.39 is 71.5 Å². The first kappa shape index (κ1) is 16.9. The minimum Gasteiger partial charge on any atom is -0.323 e. The molecule has 0 amide bonds. The van der Waals surface area contributed by atoms with Crippen LogP contribution in [0.2, 0.25) is 0 Å². The van der Waals surface area contributed by atoms with Crippen molar-refractivity contribution in [2.45, 2.75) is 24.8 Å². The molecule has 0 radical (unpaired) electrons. The molecule has 1 atom stereocenters. The summed E-state index contributed by atoms with van der Waals surface area (Å²) >= 11 is 0. The highest BCUT2D eigenvalue weighted by Crippen LogP contribution is 2.53. The van der Waals surface area contributed by atoms with Crippen molar-refractivity contribution in [2.75, 3.05) is 0 Å². The number of aromatic amines is 1. The lowest BCUT2D eigenvalue weighted by atomic mass is 9.99. The van der Waals surface area contributed by atoms with E-state index in [0.29, 0.717) is 10.6 Å². The molecule has 1 aromatic heterocycles. The summed E-state index contributed by atoms with van der Waals surface area (Å²) in [5.74, 6) is -3.36. The smallest absolute Gasteiger partial charge is 0.323 e. The monoisotopic (exact) mass is 368 g/mol. The van der Waals surface area contributed by atoms with Gasteiger partial charge in [0.05, 0.1) is 16.6 Å². The summed E-state index contributed by atoms with van der Waals surface area (Å²) < 4.78 is 65.0. The minimum atomic E-state index is -5.03. The number of H-pyrrole nitrogens is 1. The van der Waals surface area contributed by atoms with Gasteiger partial charge in [0.2, 0.25) is 0 Å². The summed E-state index contributed by atoms with van der Waals surface area (Å²) in [4.78, 5) is 44.2. The van der Waals surface area contributed by atoms with Crippen LogP contribution in [0, 0.1) is 5.82 Å². The van der Waals surface area contributed by atoms with E-state index >= 15 is 0 Å². The molecule has 12 heteroatoms. The van der Waals surface area contributed by atoms with Crippen molar-refractivity contribution < 1.29 is 31.9 Å². The predicted octanol–water partition coefficient (Wildman–Crippen LogP) is 1.47. The van der Waals surface area contributed by atoms with Crippen LogP contribution in [0.4, 0.5) is 17.6 Å². The fraction of sp³-hybridized carbons (Fsp3) is 0.333. The summed E-state index contributed by atoms with van der Waals surface area (Å²) in [6.45, 7) is 0. The highest BCUT2D eigenvalue weighted by molar-refractivity contribution is 7.51. The van der Waals surface area contributed by atoms with Gasteiger partial charge in [-0.15, -0.1) is 0 Å². The van der Waals surface area contributed by atoms with E-state index in [1.54, 1.807) is 0 Å². The largest absolute Gasteiger partial charge is 0.419 e. The van der Waals surface area contributed by atoms with Crippen LogP contribution in [0.3, 0.4) is 0 Å². The van der Waals surface area contributed by atoms with E-state index in [1.165, 1.54) is 0 Å². The Kier molecular flexibility index (Phi) is 3.52. The number of hydrogen-bond acceptors (Lipinski definition) is 3. The molecule has 0 bridgehead atoms. The molecule has 1 unspecified atom stereocenters. The fourth-order valence-electron chi connectivity index (χ4n) is 2.90. The lowest BCUT2D eigenvalue weighted by Crippen LogP contribution is -2.40. The van der Waals surface area contributed by atoms with Crippen LogP contribution in [0.1, 0.15) is 23.3 Å². The Morgan fingerprint density at radius 1 is 1.29 bits per heavy atom. The lowest BCUT2D eigenvalue weighted by Gasteiger charge is -2.28. The van der Waals surface area contributed by atoms with Gasteiger partial charge in [0.1, 0.15) is 11.6 Å². The zero-order valence-electron chi connectivity index (χ0n) is 11.6. The summed E-state index contributed by atoms with van der Waals surface area (Å²) in [6, 6.07) is 0.313. The maximum atomic E-state index is 14.2. The molecule has 0 aliphatic carbocycles. The van der Waals surface area contributed by atoms with E-state index in [2.05, 4.69) is 0 Å². The van der Waals surface area contributed by atoms with Gasteiger partial charge in [0.15, 0.2) is 0 Å². The van der Waals surface area contributed by atoms with E-state index in [9.17, 15) is 41.5 Å². The molecule has 0 saturated carbocycles. The maximum Gasteiger partial charge on any atom is 0.419 e. The van der Waals surface area contributed by atoms with Crippen molar-refractivity contribution in [1.29, 1.82) is 0 Å². The highest BCUT2D eigenvalue weighted by Gasteiger charge is 2.41. The van der Waals surface area contributed by atoms with Crippen molar-refractivity contribution in [1.82, 2.24) is 9.55 Å². The normalized spacial score (nSPS) is 18.2.